The van der Waals surface area contributed by atoms with Crippen molar-refractivity contribution in [3.05, 3.63) is 28.7 Å². The Morgan fingerprint density at radius 2 is 2.00 bits per heavy atom. The lowest BCUT2D eigenvalue weighted by Crippen LogP contribution is -2.21. The maximum absolute atomic E-state index is 6.20. The van der Waals surface area contributed by atoms with Crippen LogP contribution in [0.2, 0.25) is 5.15 Å². The maximum Gasteiger partial charge on any atom is 0.221 e. The topological polar surface area (TPSA) is 35.0 Å². The fraction of sp³-hybridized carbons (Fsp3) is 0.625. The van der Waals surface area contributed by atoms with Gasteiger partial charge in [-0.1, -0.05) is 30.7 Å². The van der Waals surface area contributed by atoms with Crippen LogP contribution < -0.4 is 4.74 Å². The second kappa shape index (κ2) is 5.72. The Bertz CT molecular complexity index is 525. The van der Waals surface area contributed by atoms with E-state index in [0.29, 0.717) is 35.4 Å². The summed E-state index contributed by atoms with van der Waals surface area (Å²) in [6.45, 7) is 4.93. The van der Waals surface area contributed by atoms with Crippen LogP contribution in [0.1, 0.15) is 49.9 Å². The van der Waals surface area contributed by atoms with Crippen molar-refractivity contribution < 1.29 is 4.74 Å². The summed E-state index contributed by atoms with van der Waals surface area (Å²) in [5.74, 6) is 3.26. The molecule has 1 aromatic heterocycles. The fourth-order valence-corrected chi connectivity index (χ4v) is 2.74. The van der Waals surface area contributed by atoms with E-state index >= 15 is 0 Å². The second-order valence-corrected chi connectivity index (χ2v) is 6.43. The van der Waals surface area contributed by atoms with Crippen molar-refractivity contribution in [3.8, 4) is 5.88 Å². The van der Waals surface area contributed by atoms with E-state index in [2.05, 4.69) is 29.0 Å². The molecular formula is C16H21ClN2O. The third kappa shape index (κ3) is 2.98. The van der Waals surface area contributed by atoms with E-state index in [1.165, 1.54) is 12.8 Å². The van der Waals surface area contributed by atoms with Crippen molar-refractivity contribution in [2.24, 2.45) is 11.8 Å². The van der Waals surface area contributed by atoms with Gasteiger partial charge in [-0.05, 0) is 44.4 Å². The number of hydrogen-bond acceptors (Lipinski definition) is 3. The lowest BCUT2D eigenvalue weighted by Gasteiger charge is -2.25. The Labute approximate surface area is 125 Å². The molecule has 0 amide bonds. The molecule has 3 nitrogen and oxygen atoms in total. The van der Waals surface area contributed by atoms with Gasteiger partial charge in [-0.2, -0.15) is 4.98 Å². The summed E-state index contributed by atoms with van der Waals surface area (Å²) < 4.78 is 5.98. The average molecular weight is 293 g/mol. The van der Waals surface area contributed by atoms with Gasteiger partial charge in [-0.25, -0.2) is 4.98 Å². The van der Waals surface area contributed by atoms with Crippen LogP contribution in [0, 0.1) is 18.8 Å². The van der Waals surface area contributed by atoms with Gasteiger partial charge in [-0.3, -0.25) is 0 Å². The first-order chi connectivity index (χ1) is 9.65. The molecular weight excluding hydrogens is 272 g/mol. The number of allylic oxidation sites excluding steroid dienone is 2. The molecule has 0 spiro atoms. The van der Waals surface area contributed by atoms with Gasteiger partial charge in [0.15, 0.2) is 0 Å². The number of halogens is 1. The molecule has 0 radical (unpaired) electrons. The zero-order valence-electron chi connectivity index (χ0n) is 12.1. The summed E-state index contributed by atoms with van der Waals surface area (Å²) in [6.07, 6.45) is 9.09. The van der Waals surface area contributed by atoms with E-state index in [1.807, 2.05) is 6.92 Å². The lowest BCUT2D eigenvalue weighted by molar-refractivity contribution is 0.191. The predicted octanol–water partition coefficient (Wildman–Crippen LogP) is 4.30. The summed E-state index contributed by atoms with van der Waals surface area (Å²) in [6, 6.07) is 0. The number of hydrogen-bond donors (Lipinski definition) is 0. The highest BCUT2D eigenvalue weighted by Gasteiger charge is 2.28. The summed E-state index contributed by atoms with van der Waals surface area (Å²) >= 11 is 6.20. The van der Waals surface area contributed by atoms with E-state index in [9.17, 15) is 0 Å². The Kier molecular flexibility index (Phi) is 3.97. The fourth-order valence-electron chi connectivity index (χ4n) is 2.58. The molecule has 1 saturated carbocycles. The molecule has 0 N–H and O–H groups in total. The third-order valence-corrected chi connectivity index (χ3v) is 4.72. The maximum atomic E-state index is 6.20. The van der Waals surface area contributed by atoms with E-state index in [1.54, 1.807) is 0 Å². The largest absolute Gasteiger partial charge is 0.477 e. The molecule has 1 heterocycles. The molecule has 2 aliphatic carbocycles. The molecule has 20 heavy (non-hydrogen) atoms. The van der Waals surface area contributed by atoms with Crippen LogP contribution in [0.25, 0.3) is 0 Å². The zero-order chi connectivity index (χ0) is 14.1. The standard InChI is InChI=1S/C16H21ClN2O/c1-10-5-3-4-6-13(10)9-20-16-11(2)14(17)18-15(19-16)12-7-8-12/h3-4,10,12-13H,5-9H2,1-2H3. The van der Waals surface area contributed by atoms with Crippen molar-refractivity contribution in [2.75, 3.05) is 6.61 Å². The smallest absolute Gasteiger partial charge is 0.221 e. The van der Waals surface area contributed by atoms with E-state index in [-0.39, 0.29) is 0 Å². The summed E-state index contributed by atoms with van der Waals surface area (Å²) in [5.41, 5.74) is 0.857. The van der Waals surface area contributed by atoms with Gasteiger partial charge in [0.1, 0.15) is 11.0 Å². The molecule has 2 unspecified atom stereocenters. The van der Waals surface area contributed by atoms with Crippen molar-refractivity contribution in [2.45, 2.75) is 45.4 Å². The van der Waals surface area contributed by atoms with Gasteiger partial charge in [0.05, 0.1) is 6.61 Å². The van der Waals surface area contributed by atoms with Crippen LogP contribution in [0.4, 0.5) is 0 Å². The van der Waals surface area contributed by atoms with E-state index < -0.39 is 0 Å². The first-order valence-electron chi connectivity index (χ1n) is 7.47. The highest BCUT2D eigenvalue weighted by Crippen LogP contribution is 2.40. The molecule has 108 valence electrons. The molecule has 1 fully saturated rings. The zero-order valence-corrected chi connectivity index (χ0v) is 12.9. The van der Waals surface area contributed by atoms with Crippen LogP contribution in [0.5, 0.6) is 5.88 Å². The number of ether oxygens (including phenoxy) is 1. The molecule has 0 aromatic carbocycles. The first-order valence-corrected chi connectivity index (χ1v) is 7.84. The number of aromatic nitrogens is 2. The molecule has 2 aliphatic rings. The summed E-state index contributed by atoms with van der Waals surface area (Å²) in [5, 5.41) is 0.536. The number of rotatable bonds is 4. The van der Waals surface area contributed by atoms with E-state index in [4.69, 9.17) is 16.3 Å². The minimum absolute atomic E-state index is 0.493. The van der Waals surface area contributed by atoms with Crippen LogP contribution in [-0.2, 0) is 0 Å². The van der Waals surface area contributed by atoms with Crippen LogP contribution in [-0.4, -0.2) is 16.6 Å². The Balaban J connectivity index is 1.71. The van der Waals surface area contributed by atoms with Gasteiger partial charge in [0, 0.05) is 11.5 Å². The Hall–Kier alpha value is -1.09. The third-order valence-electron chi connectivity index (χ3n) is 4.35. The minimum atomic E-state index is 0.493. The molecule has 1 aromatic rings. The molecule has 2 atom stereocenters. The van der Waals surface area contributed by atoms with Crippen molar-refractivity contribution in [3.63, 3.8) is 0 Å². The molecule has 0 aliphatic heterocycles. The summed E-state index contributed by atoms with van der Waals surface area (Å²) in [7, 11) is 0. The van der Waals surface area contributed by atoms with Gasteiger partial charge >= 0.3 is 0 Å². The quantitative estimate of drug-likeness (QED) is 0.613. The Morgan fingerprint density at radius 1 is 1.25 bits per heavy atom. The van der Waals surface area contributed by atoms with Gasteiger partial charge in [0.2, 0.25) is 5.88 Å². The van der Waals surface area contributed by atoms with E-state index in [0.717, 1.165) is 24.2 Å². The molecule has 0 saturated heterocycles. The highest BCUT2D eigenvalue weighted by atomic mass is 35.5. The number of nitrogens with zero attached hydrogens (tertiary/aromatic N) is 2. The minimum Gasteiger partial charge on any atom is -0.477 e. The van der Waals surface area contributed by atoms with Crippen LogP contribution in [0.3, 0.4) is 0 Å². The first kappa shape index (κ1) is 13.9. The lowest BCUT2D eigenvalue weighted by atomic mass is 9.85. The molecule has 3 rings (SSSR count). The van der Waals surface area contributed by atoms with Gasteiger partial charge in [0.25, 0.3) is 0 Å². The highest BCUT2D eigenvalue weighted by molar-refractivity contribution is 6.30. The molecule has 4 heteroatoms. The SMILES string of the molecule is Cc1c(Cl)nc(C2CC2)nc1OCC1CC=CCC1C. The van der Waals surface area contributed by atoms with Crippen LogP contribution in [0.15, 0.2) is 12.2 Å². The second-order valence-electron chi connectivity index (χ2n) is 6.07. The monoisotopic (exact) mass is 292 g/mol. The van der Waals surface area contributed by atoms with Crippen LogP contribution >= 0.6 is 11.6 Å². The van der Waals surface area contributed by atoms with Crippen molar-refractivity contribution in [1.29, 1.82) is 0 Å². The normalized spacial score (nSPS) is 25.8. The summed E-state index contributed by atoms with van der Waals surface area (Å²) in [4.78, 5) is 8.94. The molecule has 0 bridgehead atoms. The van der Waals surface area contributed by atoms with Gasteiger partial charge in [-0.15, -0.1) is 0 Å². The average Bonchev–Trinajstić information content (AvgIpc) is 3.26. The van der Waals surface area contributed by atoms with Gasteiger partial charge < -0.3 is 4.74 Å². The van der Waals surface area contributed by atoms with Crippen molar-refractivity contribution >= 4 is 11.6 Å². The Morgan fingerprint density at radius 3 is 2.70 bits per heavy atom. The van der Waals surface area contributed by atoms with Crippen molar-refractivity contribution in [1.82, 2.24) is 9.97 Å². The predicted molar refractivity (Wildman–Crippen MR) is 80.3 cm³/mol.